The number of rotatable bonds is 10. The molecule has 3 aromatic rings. The highest BCUT2D eigenvalue weighted by Crippen LogP contribution is 2.33. The second kappa shape index (κ2) is 11.7. The van der Waals surface area contributed by atoms with E-state index in [1.54, 1.807) is 22.3 Å². The number of anilines is 1. The lowest BCUT2D eigenvalue weighted by molar-refractivity contribution is -0.133. The molecule has 1 aliphatic heterocycles. The van der Waals surface area contributed by atoms with Gasteiger partial charge < -0.3 is 29.3 Å². The molecule has 2 heterocycles. The Hall–Kier alpha value is -3.63. The van der Waals surface area contributed by atoms with Gasteiger partial charge in [-0.25, -0.2) is 9.18 Å². The van der Waals surface area contributed by atoms with Crippen LogP contribution in [0.2, 0.25) is 0 Å². The normalized spacial score (nSPS) is 11.8. The highest BCUT2D eigenvalue weighted by atomic mass is 32.1. The third kappa shape index (κ3) is 6.49. The number of benzene rings is 2. The van der Waals surface area contributed by atoms with Crippen molar-refractivity contribution in [3.63, 3.8) is 0 Å². The molecule has 0 spiro atoms. The Kier molecular flexibility index (Phi) is 8.17. The smallest absolute Gasteiger partial charge is 0.322 e. The largest absolute Gasteiger partial charge is 0.454 e. The highest BCUT2D eigenvalue weighted by molar-refractivity contribution is 7.09. The predicted molar refractivity (Wildman–Crippen MR) is 130 cm³/mol. The molecule has 0 aliphatic carbocycles. The van der Waals surface area contributed by atoms with Crippen LogP contribution in [0.3, 0.4) is 0 Å². The number of thiophene rings is 1. The molecular formula is C25H26FN3O5S. The molecule has 0 unspecified atom stereocenters. The van der Waals surface area contributed by atoms with E-state index in [0.717, 1.165) is 10.4 Å². The first kappa shape index (κ1) is 24.5. The van der Waals surface area contributed by atoms with Crippen molar-refractivity contribution >= 4 is 29.0 Å². The van der Waals surface area contributed by atoms with E-state index in [4.69, 9.17) is 14.2 Å². The molecule has 4 rings (SSSR count). The lowest BCUT2D eigenvalue weighted by Gasteiger charge is -2.28. The number of carbonyl (C=O) groups excluding carboxylic acids is 2. The van der Waals surface area contributed by atoms with Gasteiger partial charge in [0.25, 0.3) is 0 Å². The van der Waals surface area contributed by atoms with E-state index in [1.165, 1.54) is 30.2 Å². The predicted octanol–water partition coefficient (Wildman–Crippen LogP) is 4.33. The number of nitrogens with zero attached hydrogens (tertiary/aromatic N) is 2. The summed E-state index contributed by atoms with van der Waals surface area (Å²) in [6, 6.07) is 14.7. The number of halogens is 1. The molecule has 0 bridgehead atoms. The monoisotopic (exact) mass is 499 g/mol. The molecule has 2 aromatic carbocycles. The summed E-state index contributed by atoms with van der Waals surface area (Å²) in [6.07, 6.45) is 0. The number of carbonyl (C=O) groups is 2. The molecule has 1 aliphatic rings. The van der Waals surface area contributed by atoms with E-state index in [2.05, 4.69) is 5.32 Å². The molecule has 35 heavy (non-hydrogen) atoms. The zero-order valence-electron chi connectivity index (χ0n) is 19.2. The summed E-state index contributed by atoms with van der Waals surface area (Å²) in [7, 11) is 1.51. The Bertz CT molecular complexity index is 1160. The zero-order chi connectivity index (χ0) is 24.6. The van der Waals surface area contributed by atoms with Crippen LogP contribution in [0.1, 0.15) is 10.4 Å². The van der Waals surface area contributed by atoms with Crippen LogP contribution in [0.5, 0.6) is 11.5 Å². The molecule has 8 nitrogen and oxygen atoms in total. The number of nitrogens with one attached hydrogen (secondary N) is 1. The molecule has 0 saturated heterocycles. The van der Waals surface area contributed by atoms with Crippen LogP contribution in [-0.2, 0) is 22.6 Å². The van der Waals surface area contributed by atoms with E-state index in [9.17, 15) is 14.0 Å². The maximum absolute atomic E-state index is 14.1. The quantitative estimate of drug-likeness (QED) is 0.449. The van der Waals surface area contributed by atoms with Crippen molar-refractivity contribution in [1.29, 1.82) is 0 Å². The van der Waals surface area contributed by atoms with Crippen molar-refractivity contribution in [2.75, 3.05) is 38.9 Å². The van der Waals surface area contributed by atoms with Gasteiger partial charge in [-0.05, 0) is 41.3 Å². The molecule has 0 radical (unpaired) electrons. The maximum Gasteiger partial charge on any atom is 0.322 e. The summed E-state index contributed by atoms with van der Waals surface area (Å²) < 4.78 is 30.0. The molecule has 184 valence electrons. The van der Waals surface area contributed by atoms with Gasteiger partial charge in [0.05, 0.1) is 18.8 Å². The number of ether oxygens (including phenoxy) is 3. The molecule has 0 fully saturated rings. The van der Waals surface area contributed by atoms with Gasteiger partial charge in [-0.1, -0.05) is 24.3 Å². The van der Waals surface area contributed by atoms with Crippen molar-refractivity contribution in [2.45, 2.75) is 13.1 Å². The van der Waals surface area contributed by atoms with Crippen LogP contribution in [0.4, 0.5) is 14.9 Å². The van der Waals surface area contributed by atoms with Crippen molar-refractivity contribution in [3.05, 3.63) is 76.2 Å². The van der Waals surface area contributed by atoms with E-state index in [-0.39, 0.29) is 38.1 Å². The first-order valence-electron chi connectivity index (χ1n) is 11.0. The third-order valence-electron chi connectivity index (χ3n) is 5.38. The maximum atomic E-state index is 14.1. The Morgan fingerprint density at radius 3 is 2.66 bits per heavy atom. The van der Waals surface area contributed by atoms with Gasteiger partial charge in [0, 0.05) is 25.1 Å². The van der Waals surface area contributed by atoms with Gasteiger partial charge in [0.1, 0.15) is 12.4 Å². The first-order valence-corrected chi connectivity index (χ1v) is 11.9. The second-order valence-corrected chi connectivity index (χ2v) is 8.87. The molecule has 0 atom stereocenters. The topological polar surface area (TPSA) is 80.3 Å². The fraction of sp³-hybridized carbons (Fsp3) is 0.280. The lowest BCUT2D eigenvalue weighted by Crippen LogP contribution is -2.45. The van der Waals surface area contributed by atoms with E-state index >= 15 is 0 Å². The van der Waals surface area contributed by atoms with Gasteiger partial charge in [-0.3, -0.25) is 4.79 Å². The summed E-state index contributed by atoms with van der Waals surface area (Å²) in [5.41, 5.74) is 0.918. The number of hydrogen-bond acceptors (Lipinski definition) is 6. The number of para-hydroxylation sites is 1. The van der Waals surface area contributed by atoms with Crippen LogP contribution in [0.15, 0.2) is 60.0 Å². The first-order chi connectivity index (χ1) is 17.0. The van der Waals surface area contributed by atoms with Crippen LogP contribution in [0, 0.1) is 5.82 Å². The minimum Gasteiger partial charge on any atom is -0.454 e. The van der Waals surface area contributed by atoms with Crippen LogP contribution in [-0.4, -0.2) is 55.3 Å². The van der Waals surface area contributed by atoms with Crippen LogP contribution < -0.4 is 14.8 Å². The van der Waals surface area contributed by atoms with Gasteiger partial charge >= 0.3 is 6.03 Å². The van der Waals surface area contributed by atoms with E-state index in [0.29, 0.717) is 24.6 Å². The summed E-state index contributed by atoms with van der Waals surface area (Å²) in [5.74, 6) is 0.495. The Morgan fingerprint density at radius 1 is 1.06 bits per heavy atom. The number of hydrogen-bond donors (Lipinski definition) is 1. The third-order valence-corrected chi connectivity index (χ3v) is 6.25. The number of methoxy groups -OCH3 is 1. The van der Waals surface area contributed by atoms with Gasteiger partial charge in [-0.2, -0.15) is 0 Å². The molecule has 1 N–H and O–H groups in total. The number of urea groups is 1. The minimum absolute atomic E-state index is 0.0446. The SMILES string of the molecule is COCCN(CC(=O)N(Cc1ccc2c(c1)OCO2)Cc1cccs1)C(=O)Nc1ccccc1F. The molecule has 0 saturated carbocycles. The van der Waals surface area contributed by atoms with Crippen molar-refractivity contribution in [1.82, 2.24) is 9.80 Å². The van der Waals surface area contributed by atoms with E-state index < -0.39 is 11.8 Å². The molecule has 1 aromatic heterocycles. The van der Waals surface area contributed by atoms with Crippen molar-refractivity contribution in [2.24, 2.45) is 0 Å². The Labute approximate surface area is 206 Å². The summed E-state index contributed by atoms with van der Waals surface area (Å²) in [4.78, 5) is 30.4. The highest BCUT2D eigenvalue weighted by Gasteiger charge is 2.23. The minimum atomic E-state index is -0.584. The van der Waals surface area contributed by atoms with Crippen LogP contribution >= 0.6 is 11.3 Å². The number of amides is 3. The molecule has 10 heteroatoms. The fourth-order valence-corrected chi connectivity index (χ4v) is 4.28. The Morgan fingerprint density at radius 2 is 1.89 bits per heavy atom. The summed E-state index contributed by atoms with van der Waals surface area (Å²) >= 11 is 1.55. The summed E-state index contributed by atoms with van der Waals surface area (Å²) in [6.45, 7) is 1.07. The van der Waals surface area contributed by atoms with Crippen molar-refractivity contribution < 1.29 is 28.2 Å². The fourth-order valence-electron chi connectivity index (χ4n) is 3.56. The van der Waals surface area contributed by atoms with Gasteiger partial charge in [0.2, 0.25) is 12.7 Å². The number of fused-ring (bicyclic) bond motifs is 1. The van der Waals surface area contributed by atoms with Crippen LogP contribution in [0.25, 0.3) is 0 Å². The second-order valence-electron chi connectivity index (χ2n) is 7.84. The zero-order valence-corrected chi connectivity index (χ0v) is 20.1. The Balaban J connectivity index is 1.50. The van der Waals surface area contributed by atoms with E-state index in [1.807, 2.05) is 35.7 Å². The van der Waals surface area contributed by atoms with Gasteiger partial charge in [-0.15, -0.1) is 11.3 Å². The van der Waals surface area contributed by atoms with Gasteiger partial charge in [0.15, 0.2) is 11.5 Å². The average molecular weight is 500 g/mol. The molecule has 3 amide bonds. The van der Waals surface area contributed by atoms with Crippen molar-refractivity contribution in [3.8, 4) is 11.5 Å². The summed E-state index contributed by atoms with van der Waals surface area (Å²) in [5, 5.41) is 4.49. The molecular weight excluding hydrogens is 473 g/mol. The lowest BCUT2D eigenvalue weighted by atomic mass is 10.2. The standard InChI is InChI=1S/C25H26FN3O5S/c1-32-11-10-28(25(31)27-21-7-3-2-6-20(21)26)16-24(30)29(15-19-5-4-12-35-19)14-18-8-9-22-23(13-18)34-17-33-22/h2-9,12-13H,10-11,14-17H2,1H3,(H,27,31). The average Bonchev–Trinajstić information content (AvgIpc) is 3.54.